The van der Waals surface area contributed by atoms with Gasteiger partial charge in [-0.15, -0.1) is 0 Å². The number of halogens is 1. The first-order valence-corrected chi connectivity index (χ1v) is 5.34. The lowest BCUT2D eigenvalue weighted by Crippen LogP contribution is -2.47. The third-order valence-corrected chi connectivity index (χ3v) is 2.70. The molecule has 0 aliphatic carbocycles. The molecule has 0 aromatic heterocycles. The minimum atomic E-state index is -1.53. The van der Waals surface area contributed by atoms with E-state index < -0.39 is 17.2 Å². The van der Waals surface area contributed by atoms with Gasteiger partial charge < -0.3 is 15.6 Å². The maximum absolute atomic E-state index is 13.7. The van der Waals surface area contributed by atoms with Crippen LogP contribution in [0.3, 0.4) is 0 Å². The first-order valence-electron chi connectivity index (χ1n) is 5.34. The summed E-state index contributed by atoms with van der Waals surface area (Å²) in [4.78, 5) is 11.4. The normalized spacial score (nSPS) is 14.3. The van der Waals surface area contributed by atoms with E-state index in [-0.39, 0.29) is 18.7 Å². The fourth-order valence-corrected chi connectivity index (χ4v) is 1.64. The van der Waals surface area contributed by atoms with Crippen LogP contribution < -0.4 is 5.73 Å². The number of carboxylic acids is 1. The summed E-state index contributed by atoms with van der Waals surface area (Å²) in [6.07, 6.45) is 0. The van der Waals surface area contributed by atoms with Gasteiger partial charge in [0.2, 0.25) is 0 Å². The van der Waals surface area contributed by atoms with Crippen molar-refractivity contribution in [2.45, 2.75) is 12.3 Å². The smallest absolute Gasteiger partial charge is 0.317 e. The summed E-state index contributed by atoms with van der Waals surface area (Å²) < 4.78 is 18.8. The van der Waals surface area contributed by atoms with Crippen LogP contribution in [0.1, 0.15) is 12.5 Å². The molecule has 0 fully saturated rings. The molecule has 3 N–H and O–H groups in total. The predicted octanol–water partition coefficient (Wildman–Crippen LogP) is 1.14. The Morgan fingerprint density at radius 2 is 2.18 bits per heavy atom. The molecular formula is C12H16FNO3. The zero-order valence-electron chi connectivity index (χ0n) is 9.65. The highest BCUT2D eigenvalue weighted by atomic mass is 19.1. The molecule has 0 aliphatic heterocycles. The Labute approximate surface area is 99.2 Å². The molecule has 17 heavy (non-hydrogen) atoms. The van der Waals surface area contributed by atoms with E-state index in [1.165, 1.54) is 18.2 Å². The second-order valence-corrected chi connectivity index (χ2v) is 3.71. The molecule has 0 amide bonds. The maximum atomic E-state index is 13.7. The fourth-order valence-electron chi connectivity index (χ4n) is 1.64. The van der Waals surface area contributed by atoms with Crippen LogP contribution in [0.25, 0.3) is 0 Å². The Morgan fingerprint density at radius 1 is 1.53 bits per heavy atom. The minimum Gasteiger partial charge on any atom is -0.480 e. The van der Waals surface area contributed by atoms with Gasteiger partial charge in [-0.3, -0.25) is 4.79 Å². The van der Waals surface area contributed by atoms with Gasteiger partial charge in [0, 0.05) is 18.7 Å². The van der Waals surface area contributed by atoms with Gasteiger partial charge in [0.15, 0.2) is 0 Å². The van der Waals surface area contributed by atoms with Crippen LogP contribution in [0, 0.1) is 5.82 Å². The van der Waals surface area contributed by atoms with Gasteiger partial charge in [-0.25, -0.2) is 4.39 Å². The Bertz CT molecular complexity index is 397. The van der Waals surface area contributed by atoms with Gasteiger partial charge in [-0.05, 0) is 13.0 Å². The van der Waals surface area contributed by atoms with Gasteiger partial charge >= 0.3 is 5.97 Å². The molecule has 0 heterocycles. The number of rotatable bonds is 6. The van der Waals surface area contributed by atoms with Crippen LogP contribution in [-0.2, 0) is 14.9 Å². The van der Waals surface area contributed by atoms with E-state index in [0.29, 0.717) is 6.61 Å². The van der Waals surface area contributed by atoms with Crippen molar-refractivity contribution in [1.82, 2.24) is 0 Å². The monoisotopic (exact) mass is 241 g/mol. The summed E-state index contributed by atoms with van der Waals surface area (Å²) in [7, 11) is 0. The number of carbonyl (C=O) groups is 1. The maximum Gasteiger partial charge on any atom is 0.317 e. The van der Waals surface area contributed by atoms with E-state index in [1.807, 2.05) is 0 Å². The van der Waals surface area contributed by atoms with E-state index in [0.717, 1.165) is 0 Å². The predicted molar refractivity (Wildman–Crippen MR) is 61.3 cm³/mol. The Balaban J connectivity index is 3.22. The van der Waals surface area contributed by atoms with Gasteiger partial charge in [0.25, 0.3) is 0 Å². The fraction of sp³-hybridized carbons (Fsp3) is 0.417. The lowest BCUT2D eigenvalue weighted by atomic mass is 9.81. The summed E-state index contributed by atoms with van der Waals surface area (Å²) in [6, 6.07) is 5.73. The van der Waals surface area contributed by atoms with Crippen molar-refractivity contribution in [3.63, 3.8) is 0 Å². The molecule has 0 radical (unpaired) electrons. The van der Waals surface area contributed by atoms with Gasteiger partial charge in [0.05, 0.1) is 6.61 Å². The van der Waals surface area contributed by atoms with E-state index in [4.69, 9.17) is 10.5 Å². The standard InChI is InChI=1S/C12H16FNO3/c1-2-17-8-12(7-14,11(15)16)9-5-3-4-6-10(9)13/h3-6H,2,7-8,14H2,1H3,(H,15,16). The molecule has 0 saturated heterocycles. The molecule has 1 aromatic carbocycles. The molecule has 5 heteroatoms. The summed E-state index contributed by atoms with van der Waals surface area (Å²) in [5.41, 5.74) is 4.06. The van der Waals surface area contributed by atoms with E-state index in [2.05, 4.69) is 0 Å². The van der Waals surface area contributed by atoms with E-state index >= 15 is 0 Å². The molecule has 0 aliphatic rings. The van der Waals surface area contributed by atoms with Crippen molar-refractivity contribution in [2.75, 3.05) is 19.8 Å². The van der Waals surface area contributed by atoms with Gasteiger partial charge in [-0.2, -0.15) is 0 Å². The molecule has 94 valence electrons. The average molecular weight is 241 g/mol. The molecule has 1 unspecified atom stereocenters. The summed E-state index contributed by atoms with van der Waals surface area (Å²) in [6.45, 7) is 1.73. The lowest BCUT2D eigenvalue weighted by molar-refractivity contribution is -0.146. The highest BCUT2D eigenvalue weighted by Gasteiger charge is 2.41. The Morgan fingerprint density at radius 3 is 2.65 bits per heavy atom. The van der Waals surface area contributed by atoms with Crippen LogP contribution >= 0.6 is 0 Å². The molecule has 0 spiro atoms. The van der Waals surface area contributed by atoms with E-state index in [9.17, 15) is 14.3 Å². The van der Waals surface area contributed by atoms with Crippen molar-refractivity contribution < 1.29 is 19.0 Å². The number of hydrogen-bond donors (Lipinski definition) is 2. The summed E-state index contributed by atoms with van der Waals surface area (Å²) >= 11 is 0. The van der Waals surface area contributed by atoms with Crippen LogP contribution in [0.2, 0.25) is 0 Å². The van der Waals surface area contributed by atoms with Crippen LogP contribution in [-0.4, -0.2) is 30.8 Å². The van der Waals surface area contributed by atoms with Crippen LogP contribution in [0.4, 0.5) is 4.39 Å². The number of ether oxygens (including phenoxy) is 1. The van der Waals surface area contributed by atoms with Crippen LogP contribution in [0.15, 0.2) is 24.3 Å². The largest absolute Gasteiger partial charge is 0.480 e. The first-order chi connectivity index (χ1) is 8.08. The number of carboxylic acid groups (broad SMARTS) is 1. The number of aliphatic carboxylic acids is 1. The molecule has 4 nitrogen and oxygen atoms in total. The highest BCUT2D eigenvalue weighted by Crippen LogP contribution is 2.26. The van der Waals surface area contributed by atoms with Crippen LogP contribution in [0.5, 0.6) is 0 Å². The van der Waals surface area contributed by atoms with Crippen molar-refractivity contribution in [3.8, 4) is 0 Å². The third-order valence-electron chi connectivity index (χ3n) is 2.70. The second-order valence-electron chi connectivity index (χ2n) is 3.71. The molecule has 1 aromatic rings. The van der Waals surface area contributed by atoms with Gasteiger partial charge in [0.1, 0.15) is 11.2 Å². The van der Waals surface area contributed by atoms with Crippen molar-refractivity contribution >= 4 is 5.97 Å². The molecule has 0 saturated carbocycles. The SMILES string of the molecule is CCOCC(CN)(C(=O)O)c1ccccc1F. The Kier molecular flexibility index (Phi) is 4.60. The second kappa shape index (κ2) is 5.75. The molecule has 0 bridgehead atoms. The zero-order chi connectivity index (χ0) is 12.9. The number of benzene rings is 1. The third kappa shape index (κ3) is 2.62. The zero-order valence-corrected chi connectivity index (χ0v) is 9.65. The minimum absolute atomic E-state index is 0.0588. The van der Waals surface area contributed by atoms with Crippen molar-refractivity contribution in [2.24, 2.45) is 5.73 Å². The van der Waals surface area contributed by atoms with E-state index in [1.54, 1.807) is 13.0 Å². The number of nitrogens with two attached hydrogens (primary N) is 1. The topological polar surface area (TPSA) is 72.5 Å². The molecule has 1 atom stereocenters. The molecular weight excluding hydrogens is 225 g/mol. The average Bonchev–Trinajstić information content (AvgIpc) is 2.32. The first kappa shape index (κ1) is 13.6. The molecule has 1 rings (SSSR count). The van der Waals surface area contributed by atoms with Crippen molar-refractivity contribution in [3.05, 3.63) is 35.6 Å². The summed E-state index contributed by atoms with van der Waals surface area (Å²) in [5.74, 6) is -1.77. The highest BCUT2D eigenvalue weighted by molar-refractivity contribution is 5.82. The van der Waals surface area contributed by atoms with Crippen molar-refractivity contribution in [1.29, 1.82) is 0 Å². The number of hydrogen-bond acceptors (Lipinski definition) is 3. The lowest BCUT2D eigenvalue weighted by Gasteiger charge is -2.28. The van der Waals surface area contributed by atoms with Gasteiger partial charge in [-0.1, -0.05) is 18.2 Å². The summed E-state index contributed by atoms with van der Waals surface area (Å²) in [5, 5.41) is 9.30. The quantitative estimate of drug-likeness (QED) is 0.783. The Hall–Kier alpha value is -1.46.